The molecule has 0 aliphatic carbocycles. The van der Waals surface area contributed by atoms with E-state index in [4.69, 9.17) is 16.3 Å². The van der Waals surface area contributed by atoms with Crippen molar-refractivity contribution in [1.29, 1.82) is 0 Å². The predicted octanol–water partition coefficient (Wildman–Crippen LogP) is 4.55. The lowest BCUT2D eigenvalue weighted by molar-refractivity contribution is 0.414. The van der Waals surface area contributed by atoms with E-state index in [9.17, 15) is 0 Å². The first-order chi connectivity index (χ1) is 10.2. The van der Waals surface area contributed by atoms with E-state index in [0.29, 0.717) is 0 Å². The summed E-state index contributed by atoms with van der Waals surface area (Å²) in [4.78, 5) is 0. The molecule has 0 heterocycles. The number of hydrogen-bond acceptors (Lipinski definition) is 2. The van der Waals surface area contributed by atoms with Crippen molar-refractivity contribution in [2.75, 3.05) is 13.7 Å². The van der Waals surface area contributed by atoms with Gasteiger partial charge >= 0.3 is 0 Å². The Hall–Kier alpha value is -1.51. The molecule has 2 nitrogen and oxygen atoms in total. The number of benzene rings is 2. The van der Waals surface area contributed by atoms with E-state index in [1.807, 2.05) is 24.3 Å². The van der Waals surface area contributed by atoms with Crippen LogP contribution in [0.25, 0.3) is 0 Å². The number of likely N-dealkylation sites (N-methyl/N-ethyl adjacent to an activating group) is 1. The van der Waals surface area contributed by atoms with E-state index in [0.717, 1.165) is 29.3 Å². The highest BCUT2D eigenvalue weighted by molar-refractivity contribution is 6.31. The Morgan fingerprint density at radius 2 is 1.95 bits per heavy atom. The molecule has 0 aliphatic rings. The average molecular weight is 304 g/mol. The molecule has 1 atom stereocenters. The highest BCUT2D eigenvalue weighted by Gasteiger charge is 2.15. The van der Waals surface area contributed by atoms with E-state index in [1.54, 1.807) is 7.11 Å². The molecule has 2 rings (SSSR count). The molecule has 0 amide bonds. The second-order valence-corrected chi connectivity index (χ2v) is 5.53. The molecule has 1 N–H and O–H groups in total. The van der Waals surface area contributed by atoms with Gasteiger partial charge in [0, 0.05) is 11.1 Å². The fraction of sp³-hybridized carbons (Fsp3) is 0.333. The van der Waals surface area contributed by atoms with Gasteiger partial charge in [0.15, 0.2) is 0 Å². The Balaban J connectivity index is 2.28. The van der Waals surface area contributed by atoms with Crippen LogP contribution in [0.1, 0.15) is 29.7 Å². The molecule has 2 aromatic carbocycles. The van der Waals surface area contributed by atoms with Crippen molar-refractivity contribution < 1.29 is 4.74 Å². The van der Waals surface area contributed by atoms with Crippen LogP contribution in [0.4, 0.5) is 0 Å². The molecule has 0 spiro atoms. The SMILES string of the molecule is CCNC(Cc1cccc(OC)c1)c1cccc(Cl)c1C. The maximum Gasteiger partial charge on any atom is 0.119 e. The molecule has 2 aromatic rings. The number of methoxy groups -OCH3 is 1. The van der Waals surface area contributed by atoms with Crippen LogP contribution in [-0.2, 0) is 6.42 Å². The van der Waals surface area contributed by atoms with Gasteiger partial charge in [-0.05, 0) is 54.8 Å². The largest absolute Gasteiger partial charge is 0.497 e. The maximum atomic E-state index is 6.26. The number of halogens is 1. The quantitative estimate of drug-likeness (QED) is 0.845. The summed E-state index contributed by atoms with van der Waals surface area (Å²) in [5.41, 5.74) is 3.65. The molecular weight excluding hydrogens is 282 g/mol. The third-order valence-electron chi connectivity index (χ3n) is 3.71. The van der Waals surface area contributed by atoms with Gasteiger partial charge in [0.2, 0.25) is 0 Å². The molecular formula is C18H22ClNO. The van der Waals surface area contributed by atoms with Crippen LogP contribution in [-0.4, -0.2) is 13.7 Å². The van der Waals surface area contributed by atoms with Gasteiger partial charge in [0.1, 0.15) is 5.75 Å². The minimum absolute atomic E-state index is 0.251. The van der Waals surface area contributed by atoms with Crippen LogP contribution < -0.4 is 10.1 Å². The minimum atomic E-state index is 0.251. The van der Waals surface area contributed by atoms with Gasteiger partial charge in [-0.1, -0.05) is 42.8 Å². The van der Waals surface area contributed by atoms with Crippen molar-refractivity contribution in [3.8, 4) is 5.75 Å². The summed E-state index contributed by atoms with van der Waals surface area (Å²) in [6.45, 7) is 5.12. The monoisotopic (exact) mass is 303 g/mol. The predicted molar refractivity (Wildman–Crippen MR) is 89.3 cm³/mol. The number of ether oxygens (including phenoxy) is 1. The van der Waals surface area contributed by atoms with E-state index < -0.39 is 0 Å². The second-order valence-electron chi connectivity index (χ2n) is 5.12. The van der Waals surface area contributed by atoms with Crippen molar-refractivity contribution in [2.24, 2.45) is 0 Å². The Kier molecular flexibility index (Phi) is 5.66. The van der Waals surface area contributed by atoms with Crippen LogP contribution in [0.5, 0.6) is 5.75 Å². The summed E-state index contributed by atoms with van der Waals surface area (Å²) in [6.07, 6.45) is 0.909. The first kappa shape index (κ1) is 15.9. The smallest absolute Gasteiger partial charge is 0.119 e. The molecule has 0 aliphatic heterocycles. The molecule has 21 heavy (non-hydrogen) atoms. The molecule has 0 aromatic heterocycles. The van der Waals surface area contributed by atoms with Gasteiger partial charge < -0.3 is 10.1 Å². The van der Waals surface area contributed by atoms with Gasteiger partial charge in [-0.2, -0.15) is 0 Å². The first-order valence-corrected chi connectivity index (χ1v) is 7.64. The Bertz CT molecular complexity index is 598. The molecule has 112 valence electrons. The second kappa shape index (κ2) is 7.48. The number of nitrogens with one attached hydrogen (secondary N) is 1. The van der Waals surface area contributed by atoms with E-state index in [-0.39, 0.29) is 6.04 Å². The molecule has 0 saturated carbocycles. The zero-order valence-electron chi connectivity index (χ0n) is 12.8. The Morgan fingerprint density at radius 1 is 1.19 bits per heavy atom. The van der Waals surface area contributed by atoms with Gasteiger partial charge in [-0.3, -0.25) is 0 Å². The molecule has 0 bridgehead atoms. The number of hydrogen-bond donors (Lipinski definition) is 1. The van der Waals surface area contributed by atoms with Crippen LogP contribution in [0.2, 0.25) is 5.02 Å². The third kappa shape index (κ3) is 3.99. The van der Waals surface area contributed by atoms with Crippen LogP contribution in [0.3, 0.4) is 0 Å². The topological polar surface area (TPSA) is 21.3 Å². The van der Waals surface area contributed by atoms with Gasteiger partial charge in [-0.25, -0.2) is 0 Å². The fourth-order valence-corrected chi connectivity index (χ4v) is 2.76. The van der Waals surface area contributed by atoms with E-state index in [1.165, 1.54) is 11.1 Å². The van der Waals surface area contributed by atoms with Crippen molar-refractivity contribution in [1.82, 2.24) is 5.32 Å². The lowest BCUT2D eigenvalue weighted by Crippen LogP contribution is -2.23. The maximum absolute atomic E-state index is 6.26. The summed E-state index contributed by atoms with van der Waals surface area (Å²) in [7, 11) is 1.70. The van der Waals surface area contributed by atoms with Crippen LogP contribution in [0, 0.1) is 6.92 Å². The zero-order chi connectivity index (χ0) is 15.2. The average Bonchev–Trinajstić information content (AvgIpc) is 2.50. The van der Waals surface area contributed by atoms with E-state index >= 15 is 0 Å². The zero-order valence-corrected chi connectivity index (χ0v) is 13.6. The van der Waals surface area contributed by atoms with Gasteiger partial charge in [0.05, 0.1) is 7.11 Å². The first-order valence-electron chi connectivity index (χ1n) is 7.27. The number of rotatable bonds is 6. The molecule has 0 fully saturated rings. The summed E-state index contributed by atoms with van der Waals surface area (Å²) < 4.78 is 5.30. The highest BCUT2D eigenvalue weighted by Crippen LogP contribution is 2.27. The van der Waals surface area contributed by atoms with Crippen LogP contribution >= 0.6 is 11.6 Å². The van der Waals surface area contributed by atoms with E-state index in [2.05, 4.69) is 37.4 Å². The lowest BCUT2D eigenvalue weighted by Gasteiger charge is -2.21. The summed E-state index contributed by atoms with van der Waals surface area (Å²) in [5, 5.41) is 4.37. The highest BCUT2D eigenvalue weighted by atomic mass is 35.5. The Morgan fingerprint density at radius 3 is 2.67 bits per heavy atom. The van der Waals surface area contributed by atoms with Crippen molar-refractivity contribution in [3.05, 3.63) is 64.2 Å². The standard InChI is InChI=1S/C18H22ClNO/c1-4-20-18(16-9-6-10-17(19)13(16)2)12-14-7-5-8-15(11-14)21-3/h5-11,18,20H,4,12H2,1-3H3. The summed E-state index contributed by atoms with van der Waals surface area (Å²) in [6, 6.07) is 14.6. The van der Waals surface area contributed by atoms with Gasteiger partial charge in [-0.15, -0.1) is 0 Å². The third-order valence-corrected chi connectivity index (χ3v) is 4.12. The summed E-state index contributed by atoms with van der Waals surface area (Å²) >= 11 is 6.26. The fourth-order valence-electron chi connectivity index (χ4n) is 2.58. The molecule has 3 heteroatoms. The normalized spacial score (nSPS) is 12.2. The van der Waals surface area contributed by atoms with Crippen molar-refractivity contribution in [3.63, 3.8) is 0 Å². The molecule has 1 unspecified atom stereocenters. The minimum Gasteiger partial charge on any atom is -0.497 e. The summed E-state index contributed by atoms with van der Waals surface area (Å²) in [5.74, 6) is 0.894. The van der Waals surface area contributed by atoms with Crippen LogP contribution in [0.15, 0.2) is 42.5 Å². The molecule has 0 radical (unpaired) electrons. The lowest BCUT2D eigenvalue weighted by atomic mass is 9.95. The van der Waals surface area contributed by atoms with Gasteiger partial charge in [0.25, 0.3) is 0 Å². The Labute approximate surface area is 132 Å². The molecule has 0 saturated heterocycles. The van der Waals surface area contributed by atoms with Crippen molar-refractivity contribution in [2.45, 2.75) is 26.3 Å². The van der Waals surface area contributed by atoms with Crippen molar-refractivity contribution >= 4 is 11.6 Å².